The van der Waals surface area contributed by atoms with Crippen LogP contribution in [0.3, 0.4) is 0 Å². The molecule has 1 aromatic carbocycles. The molecule has 25 heavy (non-hydrogen) atoms. The number of aromatic nitrogens is 1. The molecule has 0 radical (unpaired) electrons. The van der Waals surface area contributed by atoms with Crippen molar-refractivity contribution in [3.63, 3.8) is 0 Å². The SMILES string of the molecule is O=C(CCC1CCS(=O)(=O)C1)c1cc(COCc2ccccc2)on1. The summed E-state index contributed by atoms with van der Waals surface area (Å²) >= 11 is 0. The number of sulfone groups is 1. The van der Waals surface area contributed by atoms with Crippen molar-refractivity contribution >= 4 is 15.6 Å². The maximum Gasteiger partial charge on any atom is 0.184 e. The summed E-state index contributed by atoms with van der Waals surface area (Å²) < 4.78 is 33.6. The number of carbonyl (C=O) groups is 1. The molecule has 1 unspecified atom stereocenters. The van der Waals surface area contributed by atoms with Gasteiger partial charge < -0.3 is 9.26 Å². The van der Waals surface area contributed by atoms with E-state index < -0.39 is 9.84 Å². The van der Waals surface area contributed by atoms with Gasteiger partial charge in [0.15, 0.2) is 21.4 Å². The van der Waals surface area contributed by atoms with Crippen LogP contribution in [-0.4, -0.2) is 30.9 Å². The Morgan fingerprint density at radius 3 is 2.76 bits per heavy atom. The number of ether oxygens (including phenoxy) is 1. The zero-order valence-corrected chi connectivity index (χ0v) is 14.7. The minimum atomic E-state index is -2.90. The topological polar surface area (TPSA) is 86.5 Å². The molecule has 0 amide bonds. The summed E-state index contributed by atoms with van der Waals surface area (Å²) in [5.74, 6) is 0.885. The lowest BCUT2D eigenvalue weighted by Crippen LogP contribution is -2.08. The minimum Gasteiger partial charge on any atom is -0.369 e. The van der Waals surface area contributed by atoms with Crippen LogP contribution in [0.25, 0.3) is 0 Å². The van der Waals surface area contributed by atoms with Crippen LogP contribution in [0.2, 0.25) is 0 Å². The lowest BCUT2D eigenvalue weighted by molar-refractivity contribution is 0.0879. The monoisotopic (exact) mass is 363 g/mol. The maximum absolute atomic E-state index is 12.2. The predicted molar refractivity (Wildman–Crippen MR) is 91.8 cm³/mol. The van der Waals surface area contributed by atoms with E-state index in [0.29, 0.717) is 25.2 Å². The number of hydrogen-bond acceptors (Lipinski definition) is 6. The van der Waals surface area contributed by atoms with Crippen LogP contribution >= 0.6 is 0 Å². The first-order valence-corrected chi connectivity index (χ1v) is 10.1. The normalized spacial score (nSPS) is 19.1. The van der Waals surface area contributed by atoms with Crippen LogP contribution in [0.4, 0.5) is 0 Å². The van der Waals surface area contributed by atoms with Crippen LogP contribution in [-0.2, 0) is 27.8 Å². The van der Waals surface area contributed by atoms with E-state index in [1.165, 1.54) is 0 Å². The molecule has 134 valence electrons. The molecule has 3 rings (SSSR count). The van der Waals surface area contributed by atoms with Crippen molar-refractivity contribution in [3.8, 4) is 0 Å². The van der Waals surface area contributed by atoms with E-state index in [1.807, 2.05) is 30.3 Å². The fraction of sp³-hybridized carbons (Fsp3) is 0.444. The fourth-order valence-electron chi connectivity index (χ4n) is 2.92. The maximum atomic E-state index is 12.2. The van der Waals surface area contributed by atoms with Gasteiger partial charge in [-0.25, -0.2) is 8.42 Å². The lowest BCUT2D eigenvalue weighted by Gasteiger charge is -2.04. The van der Waals surface area contributed by atoms with Crippen LogP contribution in [0.1, 0.15) is 41.1 Å². The molecule has 1 atom stereocenters. The Balaban J connectivity index is 1.43. The molecule has 6 nitrogen and oxygen atoms in total. The smallest absolute Gasteiger partial charge is 0.184 e. The van der Waals surface area contributed by atoms with Gasteiger partial charge in [0.2, 0.25) is 0 Å². The van der Waals surface area contributed by atoms with E-state index in [2.05, 4.69) is 5.16 Å². The van der Waals surface area contributed by atoms with E-state index in [-0.39, 0.29) is 41.9 Å². The molecule has 2 aromatic rings. The molecule has 1 aromatic heterocycles. The number of hydrogen-bond donors (Lipinski definition) is 0. The summed E-state index contributed by atoms with van der Waals surface area (Å²) in [6.45, 7) is 0.705. The Morgan fingerprint density at radius 2 is 2.04 bits per heavy atom. The van der Waals surface area contributed by atoms with Gasteiger partial charge in [-0.1, -0.05) is 35.5 Å². The highest BCUT2D eigenvalue weighted by Gasteiger charge is 2.28. The fourth-order valence-corrected chi connectivity index (χ4v) is 4.83. The molecule has 1 fully saturated rings. The number of carbonyl (C=O) groups excluding carboxylic acids is 1. The Kier molecular flexibility index (Phi) is 5.65. The molecule has 0 saturated carbocycles. The Morgan fingerprint density at radius 1 is 1.24 bits per heavy atom. The summed E-state index contributed by atoms with van der Waals surface area (Å²) in [6.07, 6.45) is 1.51. The van der Waals surface area contributed by atoms with Gasteiger partial charge in [0.05, 0.1) is 18.1 Å². The van der Waals surface area contributed by atoms with Crippen molar-refractivity contribution < 1.29 is 22.5 Å². The number of Topliss-reactive ketones (excluding diaryl/α,β-unsaturated/α-hetero) is 1. The quantitative estimate of drug-likeness (QED) is 0.670. The van der Waals surface area contributed by atoms with Crippen molar-refractivity contribution in [2.45, 2.75) is 32.5 Å². The number of benzene rings is 1. The first kappa shape index (κ1) is 17.8. The molecular weight excluding hydrogens is 342 g/mol. The first-order valence-electron chi connectivity index (χ1n) is 8.33. The van der Waals surface area contributed by atoms with Crippen LogP contribution in [0.5, 0.6) is 0 Å². The lowest BCUT2D eigenvalue weighted by atomic mass is 10.0. The molecule has 7 heteroatoms. The van der Waals surface area contributed by atoms with Gasteiger partial charge in [-0.3, -0.25) is 4.79 Å². The Bertz CT molecular complexity index is 813. The third kappa shape index (κ3) is 5.24. The summed E-state index contributed by atoms with van der Waals surface area (Å²) in [4.78, 5) is 12.2. The van der Waals surface area contributed by atoms with Gasteiger partial charge in [-0.15, -0.1) is 0 Å². The number of nitrogens with zero attached hydrogens (tertiary/aromatic N) is 1. The third-order valence-corrected chi connectivity index (χ3v) is 6.14. The highest BCUT2D eigenvalue weighted by atomic mass is 32.2. The highest BCUT2D eigenvalue weighted by Crippen LogP contribution is 2.23. The second-order valence-electron chi connectivity index (χ2n) is 6.39. The van der Waals surface area contributed by atoms with E-state index >= 15 is 0 Å². The minimum absolute atomic E-state index is 0.0783. The van der Waals surface area contributed by atoms with Crippen molar-refractivity contribution in [2.24, 2.45) is 5.92 Å². The van der Waals surface area contributed by atoms with Crippen molar-refractivity contribution in [1.29, 1.82) is 0 Å². The molecule has 1 aliphatic heterocycles. The summed E-state index contributed by atoms with van der Waals surface area (Å²) in [5.41, 5.74) is 1.34. The van der Waals surface area contributed by atoms with Crippen molar-refractivity contribution in [2.75, 3.05) is 11.5 Å². The first-order chi connectivity index (χ1) is 12.0. The zero-order valence-electron chi connectivity index (χ0n) is 13.9. The summed E-state index contributed by atoms with van der Waals surface area (Å²) in [6, 6.07) is 11.4. The highest BCUT2D eigenvalue weighted by molar-refractivity contribution is 7.91. The van der Waals surface area contributed by atoms with E-state index in [4.69, 9.17) is 9.26 Å². The second kappa shape index (κ2) is 7.93. The van der Waals surface area contributed by atoms with Gasteiger partial charge >= 0.3 is 0 Å². The van der Waals surface area contributed by atoms with Crippen LogP contribution in [0, 0.1) is 5.92 Å². The van der Waals surface area contributed by atoms with Crippen LogP contribution in [0.15, 0.2) is 40.9 Å². The summed E-state index contributed by atoms with van der Waals surface area (Å²) in [7, 11) is -2.90. The molecule has 0 spiro atoms. The second-order valence-corrected chi connectivity index (χ2v) is 8.62. The predicted octanol–water partition coefficient (Wildman–Crippen LogP) is 2.79. The van der Waals surface area contributed by atoms with Crippen molar-refractivity contribution in [3.05, 3.63) is 53.4 Å². The Labute approximate surface area is 147 Å². The third-order valence-electron chi connectivity index (χ3n) is 4.31. The molecule has 1 aliphatic rings. The zero-order chi connectivity index (χ0) is 17.7. The van der Waals surface area contributed by atoms with E-state index in [1.54, 1.807) is 6.07 Å². The molecule has 2 heterocycles. The molecule has 0 N–H and O–H groups in total. The average molecular weight is 363 g/mol. The van der Waals surface area contributed by atoms with E-state index in [9.17, 15) is 13.2 Å². The van der Waals surface area contributed by atoms with Crippen molar-refractivity contribution in [1.82, 2.24) is 5.16 Å². The van der Waals surface area contributed by atoms with E-state index in [0.717, 1.165) is 5.56 Å². The van der Waals surface area contributed by atoms with Gasteiger partial charge in [0.25, 0.3) is 0 Å². The number of ketones is 1. The molecular formula is C18H21NO5S. The van der Waals surface area contributed by atoms with Gasteiger partial charge in [0.1, 0.15) is 12.3 Å². The Hall–Kier alpha value is -1.99. The van der Waals surface area contributed by atoms with Gasteiger partial charge in [-0.05, 0) is 24.3 Å². The molecule has 0 bridgehead atoms. The number of rotatable bonds is 8. The van der Waals surface area contributed by atoms with Crippen LogP contribution < -0.4 is 0 Å². The molecule has 0 aliphatic carbocycles. The van der Waals surface area contributed by atoms with Gasteiger partial charge in [-0.2, -0.15) is 0 Å². The summed E-state index contributed by atoms with van der Waals surface area (Å²) in [5, 5.41) is 3.79. The largest absolute Gasteiger partial charge is 0.369 e. The standard InChI is InChI=1S/C18H21NO5S/c20-18(7-6-15-8-9-25(21,22)13-15)17-10-16(24-19-17)12-23-11-14-4-2-1-3-5-14/h1-5,10,15H,6-9,11-13H2. The average Bonchev–Trinajstić information content (AvgIpc) is 3.20. The molecule has 1 saturated heterocycles. The van der Waals surface area contributed by atoms with Gasteiger partial charge in [0, 0.05) is 12.5 Å².